The fourth-order valence-corrected chi connectivity index (χ4v) is 3.26. The minimum atomic E-state index is -0.125. The fraction of sp³-hybridized carbons (Fsp3) is 0.136. The van der Waals surface area contributed by atoms with E-state index in [1.54, 1.807) is 26.4 Å². The molecule has 0 atom stereocenters. The van der Waals surface area contributed by atoms with Crippen molar-refractivity contribution in [3.05, 3.63) is 72.2 Å². The molecule has 2 aromatic carbocycles. The molecule has 146 valence electrons. The minimum absolute atomic E-state index is 0.125. The van der Waals surface area contributed by atoms with Crippen molar-refractivity contribution in [2.75, 3.05) is 19.5 Å². The lowest BCUT2D eigenvalue weighted by molar-refractivity contribution is 0.0962. The average Bonchev–Trinajstić information content (AvgIpc) is 3.20. The molecular formula is C22H21N5O2. The summed E-state index contributed by atoms with van der Waals surface area (Å²) < 4.78 is 7.22. The average molecular weight is 387 g/mol. The number of nitrogens with one attached hydrogen (secondary N) is 2. The van der Waals surface area contributed by atoms with Gasteiger partial charge in [-0.2, -0.15) is 0 Å². The number of hydrogen-bond donors (Lipinski definition) is 2. The van der Waals surface area contributed by atoms with Crippen LogP contribution in [0, 0.1) is 6.92 Å². The summed E-state index contributed by atoms with van der Waals surface area (Å²) in [5.41, 5.74) is 4.94. The van der Waals surface area contributed by atoms with Gasteiger partial charge in [-0.3, -0.25) is 9.20 Å². The van der Waals surface area contributed by atoms with Gasteiger partial charge in [0.25, 0.3) is 5.91 Å². The van der Waals surface area contributed by atoms with Crippen LogP contribution in [0.2, 0.25) is 0 Å². The maximum absolute atomic E-state index is 12.1. The number of methoxy groups -OCH3 is 1. The van der Waals surface area contributed by atoms with Gasteiger partial charge < -0.3 is 15.4 Å². The molecule has 0 spiro atoms. The summed E-state index contributed by atoms with van der Waals surface area (Å²) in [6, 6.07) is 13.4. The van der Waals surface area contributed by atoms with E-state index < -0.39 is 0 Å². The van der Waals surface area contributed by atoms with Crippen LogP contribution >= 0.6 is 0 Å². The van der Waals surface area contributed by atoms with Gasteiger partial charge in [0.1, 0.15) is 5.75 Å². The van der Waals surface area contributed by atoms with E-state index in [2.05, 4.69) is 20.6 Å². The Morgan fingerprint density at radius 3 is 2.62 bits per heavy atom. The maximum atomic E-state index is 12.1. The molecule has 4 aromatic rings. The van der Waals surface area contributed by atoms with E-state index in [-0.39, 0.29) is 5.91 Å². The molecule has 7 nitrogen and oxygen atoms in total. The Morgan fingerprint density at radius 1 is 1.10 bits per heavy atom. The number of hydrogen-bond acceptors (Lipinski definition) is 5. The molecule has 0 aliphatic carbocycles. The zero-order chi connectivity index (χ0) is 20.4. The van der Waals surface area contributed by atoms with E-state index in [0.717, 1.165) is 28.3 Å². The molecule has 2 N–H and O–H groups in total. The van der Waals surface area contributed by atoms with Gasteiger partial charge in [-0.25, -0.2) is 9.97 Å². The second-order valence-corrected chi connectivity index (χ2v) is 6.52. The van der Waals surface area contributed by atoms with E-state index in [0.29, 0.717) is 17.0 Å². The predicted octanol–water partition coefficient (Wildman–Crippen LogP) is 3.82. The van der Waals surface area contributed by atoms with Crippen molar-refractivity contribution in [3.8, 4) is 17.0 Å². The number of anilines is 2. The zero-order valence-electron chi connectivity index (χ0n) is 16.4. The number of amides is 1. The van der Waals surface area contributed by atoms with Crippen LogP contribution in [0.3, 0.4) is 0 Å². The van der Waals surface area contributed by atoms with E-state index >= 15 is 0 Å². The van der Waals surface area contributed by atoms with E-state index in [9.17, 15) is 4.79 Å². The molecule has 0 radical (unpaired) electrons. The molecule has 4 rings (SSSR count). The third-order valence-corrected chi connectivity index (χ3v) is 4.87. The van der Waals surface area contributed by atoms with E-state index in [1.165, 1.54) is 0 Å². The first-order valence-electron chi connectivity index (χ1n) is 9.17. The molecular weight excluding hydrogens is 366 g/mol. The second kappa shape index (κ2) is 7.63. The molecule has 2 heterocycles. The Morgan fingerprint density at radius 2 is 1.90 bits per heavy atom. The van der Waals surface area contributed by atoms with Crippen LogP contribution in [0.4, 0.5) is 11.5 Å². The highest BCUT2D eigenvalue weighted by Crippen LogP contribution is 2.28. The van der Waals surface area contributed by atoms with Gasteiger partial charge in [0.2, 0.25) is 0 Å². The third kappa shape index (κ3) is 3.38. The van der Waals surface area contributed by atoms with E-state index in [1.807, 2.05) is 60.1 Å². The Kier molecular flexibility index (Phi) is 4.87. The molecule has 0 saturated heterocycles. The maximum Gasteiger partial charge on any atom is 0.251 e. The first-order valence-corrected chi connectivity index (χ1v) is 9.17. The number of rotatable bonds is 5. The largest absolute Gasteiger partial charge is 0.497 e. The molecule has 0 aliphatic rings. The number of benzene rings is 2. The number of carbonyl (C=O) groups excluding carboxylic acids is 1. The van der Waals surface area contributed by atoms with Crippen molar-refractivity contribution in [1.82, 2.24) is 19.7 Å². The third-order valence-electron chi connectivity index (χ3n) is 4.87. The SMILES string of the molecule is CNC(=O)c1cccc(Nc2nccn3c(-c4ccc(OC)cc4)cnc23)c1C. The van der Waals surface area contributed by atoms with Gasteiger partial charge in [-0.1, -0.05) is 6.07 Å². The van der Waals surface area contributed by atoms with Crippen molar-refractivity contribution in [2.45, 2.75) is 6.92 Å². The highest BCUT2D eigenvalue weighted by Gasteiger charge is 2.14. The van der Waals surface area contributed by atoms with Gasteiger partial charge in [0.05, 0.1) is 19.0 Å². The van der Waals surface area contributed by atoms with Crippen LogP contribution in [-0.4, -0.2) is 34.4 Å². The first-order chi connectivity index (χ1) is 14.1. The predicted molar refractivity (Wildman–Crippen MR) is 113 cm³/mol. The summed E-state index contributed by atoms with van der Waals surface area (Å²) in [4.78, 5) is 21.1. The molecule has 2 aromatic heterocycles. The lowest BCUT2D eigenvalue weighted by Gasteiger charge is -2.13. The van der Waals surface area contributed by atoms with Gasteiger partial charge in [0, 0.05) is 36.3 Å². The van der Waals surface area contributed by atoms with Crippen molar-refractivity contribution >= 4 is 23.1 Å². The Balaban J connectivity index is 1.73. The first kappa shape index (κ1) is 18.5. The van der Waals surface area contributed by atoms with E-state index in [4.69, 9.17) is 4.74 Å². The molecule has 0 saturated carbocycles. The zero-order valence-corrected chi connectivity index (χ0v) is 16.4. The van der Waals surface area contributed by atoms with Gasteiger partial charge in [0.15, 0.2) is 11.5 Å². The van der Waals surface area contributed by atoms with Crippen LogP contribution in [-0.2, 0) is 0 Å². The van der Waals surface area contributed by atoms with Gasteiger partial charge in [-0.05, 0) is 48.9 Å². The second-order valence-electron chi connectivity index (χ2n) is 6.52. The Hall–Kier alpha value is -3.87. The molecule has 0 unspecified atom stereocenters. The topological polar surface area (TPSA) is 80.6 Å². The lowest BCUT2D eigenvalue weighted by Crippen LogP contribution is -2.19. The molecule has 0 bridgehead atoms. The van der Waals surface area contributed by atoms with Crippen molar-refractivity contribution in [3.63, 3.8) is 0 Å². The smallest absolute Gasteiger partial charge is 0.251 e. The monoisotopic (exact) mass is 387 g/mol. The van der Waals surface area contributed by atoms with Crippen LogP contribution in [0.5, 0.6) is 5.75 Å². The Bertz CT molecular complexity index is 1180. The van der Waals surface area contributed by atoms with Crippen molar-refractivity contribution in [2.24, 2.45) is 0 Å². The number of imidazole rings is 1. The standard InChI is InChI=1S/C22H21N5O2/c1-14-17(22(28)23-2)5-4-6-18(14)26-20-21-25-13-19(27(21)12-11-24-20)15-7-9-16(29-3)10-8-15/h4-13H,1-3H3,(H,23,28)(H,24,26). The highest BCUT2D eigenvalue weighted by molar-refractivity contribution is 5.97. The van der Waals surface area contributed by atoms with Crippen LogP contribution < -0.4 is 15.4 Å². The summed E-state index contributed by atoms with van der Waals surface area (Å²) in [7, 11) is 3.27. The molecule has 0 fully saturated rings. The lowest BCUT2D eigenvalue weighted by atomic mass is 10.1. The summed E-state index contributed by atoms with van der Waals surface area (Å²) in [5, 5.41) is 5.99. The molecule has 7 heteroatoms. The minimum Gasteiger partial charge on any atom is -0.497 e. The normalized spacial score (nSPS) is 10.7. The van der Waals surface area contributed by atoms with Gasteiger partial charge >= 0.3 is 0 Å². The number of aromatic nitrogens is 3. The van der Waals surface area contributed by atoms with Crippen LogP contribution in [0.25, 0.3) is 16.9 Å². The fourth-order valence-electron chi connectivity index (χ4n) is 3.26. The number of ether oxygens (including phenoxy) is 1. The van der Waals surface area contributed by atoms with Gasteiger partial charge in [-0.15, -0.1) is 0 Å². The van der Waals surface area contributed by atoms with Crippen LogP contribution in [0.1, 0.15) is 15.9 Å². The Labute approximate surface area is 168 Å². The number of fused-ring (bicyclic) bond motifs is 1. The van der Waals surface area contributed by atoms with Crippen molar-refractivity contribution < 1.29 is 9.53 Å². The number of nitrogens with zero attached hydrogens (tertiary/aromatic N) is 3. The van der Waals surface area contributed by atoms with Crippen LogP contribution in [0.15, 0.2) is 61.1 Å². The quantitative estimate of drug-likeness (QED) is 0.544. The highest BCUT2D eigenvalue weighted by atomic mass is 16.5. The summed E-state index contributed by atoms with van der Waals surface area (Å²) in [6.07, 6.45) is 5.42. The summed E-state index contributed by atoms with van der Waals surface area (Å²) in [5.74, 6) is 1.29. The summed E-state index contributed by atoms with van der Waals surface area (Å²) >= 11 is 0. The molecule has 1 amide bonds. The number of carbonyl (C=O) groups is 1. The van der Waals surface area contributed by atoms with Crippen molar-refractivity contribution in [1.29, 1.82) is 0 Å². The molecule has 0 aliphatic heterocycles. The molecule has 29 heavy (non-hydrogen) atoms. The summed E-state index contributed by atoms with van der Waals surface area (Å²) in [6.45, 7) is 1.90.